The maximum absolute atomic E-state index is 15.1. The van der Waals surface area contributed by atoms with E-state index in [0.29, 0.717) is 18.4 Å². The number of nitrogens with zero attached hydrogens (tertiary/aromatic N) is 2. The molecule has 1 aliphatic rings. The highest BCUT2D eigenvalue weighted by atomic mass is 19.1. The number of carboxylic acids is 2. The Labute approximate surface area is 185 Å². The van der Waals surface area contributed by atoms with Crippen molar-refractivity contribution in [3.63, 3.8) is 0 Å². The molecule has 2 aromatic carbocycles. The predicted octanol–water partition coefficient (Wildman–Crippen LogP) is 3.19. The van der Waals surface area contributed by atoms with Crippen molar-refractivity contribution in [2.45, 2.75) is 31.3 Å². The summed E-state index contributed by atoms with van der Waals surface area (Å²) in [5.41, 5.74) is -2.80. The second-order valence-electron chi connectivity index (χ2n) is 7.78. The van der Waals surface area contributed by atoms with E-state index < -0.39 is 56.5 Å². The zero-order valence-corrected chi connectivity index (χ0v) is 17.0. The van der Waals surface area contributed by atoms with E-state index in [1.54, 1.807) is 30.3 Å². The molecule has 3 aromatic rings. The molecule has 170 valence electrons. The molecule has 10 nitrogen and oxygen atoms in total. The van der Waals surface area contributed by atoms with E-state index in [2.05, 4.69) is 5.32 Å². The first-order valence-electron chi connectivity index (χ1n) is 10.0. The number of nitrogens with one attached hydrogen (secondary N) is 1. The molecule has 1 aromatic heterocycles. The van der Waals surface area contributed by atoms with Gasteiger partial charge in [-0.05, 0) is 24.5 Å². The fraction of sp³-hybridized carbons (Fsp3) is 0.227. The molecule has 0 spiro atoms. The SMILES string of the molecule is O=C(O)c1cn(C2CC2)c2c([N+](=O)[O-])c(NC(Cc3ccccc3)C(=O)O)c(F)cc2c1=O. The van der Waals surface area contributed by atoms with E-state index in [9.17, 15) is 34.7 Å². The number of benzene rings is 2. The smallest absolute Gasteiger partial charge is 0.341 e. The van der Waals surface area contributed by atoms with Crippen molar-refractivity contribution >= 4 is 34.2 Å². The van der Waals surface area contributed by atoms with Crippen LogP contribution in [0.25, 0.3) is 10.9 Å². The lowest BCUT2D eigenvalue weighted by Gasteiger charge is -2.19. The number of fused-ring (bicyclic) bond motifs is 1. The molecule has 11 heteroatoms. The zero-order valence-electron chi connectivity index (χ0n) is 17.0. The van der Waals surface area contributed by atoms with E-state index in [-0.39, 0.29) is 18.0 Å². The Morgan fingerprint density at radius 1 is 1.24 bits per heavy atom. The number of carboxylic acid groups (broad SMARTS) is 2. The third-order valence-electron chi connectivity index (χ3n) is 5.49. The summed E-state index contributed by atoms with van der Waals surface area (Å²) in [4.78, 5) is 47.2. The van der Waals surface area contributed by atoms with Gasteiger partial charge >= 0.3 is 17.6 Å². The van der Waals surface area contributed by atoms with Crippen LogP contribution < -0.4 is 10.7 Å². The zero-order chi connectivity index (χ0) is 23.9. The second-order valence-corrected chi connectivity index (χ2v) is 7.78. The lowest BCUT2D eigenvalue weighted by atomic mass is 10.0. The maximum atomic E-state index is 15.1. The number of carbonyl (C=O) groups is 2. The number of pyridine rings is 1. The second kappa shape index (κ2) is 8.34. The molecule has 33 heavy (non-hydrogen) atoms. The Morgan fingerprint density at radius 2 is 1.91 bits per heavy atom. The molecule has 0 amide bonds. The van der Waals surface area contributed by atoms with Gasteiger partial charge in [-0.3, -0.25) is 14.9 Å². The number of aromatic nitrogens is 1. The fourth-order valence-electron chi connectivity index (χ4n) is 3.80. The summed E-state index contributed by atoms with van der Waals surface area (Å²) < 4.78 is 16.4. The Balaban J connectivity index is 1.93. The van der Waals surface area contributed by atoms with Crippen LogP contribution in [0.4, 0.5) is 15.8 Å². The van der Waals surface area contributed by atoms with Crippen molar-refractivity contribution in [3.8, 4) is 0 Å². The van der Waals surface area contributed by atoms with Crippen LogP contribution in [0.3, 0.4) is 0 Å². The molecule has 0 radical (unpaired) electrons. The van der Waals surface area contributed by atoms with Crippen LogP contribution >= 0.6 is 0 Å². The van der Waals surface area contributed by atoms with Crippen LogP contribution in [0.2, 0.25) is 0 Å². The highest BCUT2D eigenvalue weighted by Gasteiger charge is 2.35. The van der Waals surface area contributed by atoms with Crippen LogP contribution in [0.15, 0.2) is 47.4 Å². The molecule has 1 fully saturated rings. The summed E-state index contributed by atoms with van der Waals surface area (Å²) in [6.45, 7) is 0. The van der Waals surface area contributed by atoms with Crippen LogP contribution in [0, 0.1) is 15.9 Å². The van der Waals surface area contributed by atoms with Crippen LogP contribution in [-0.2, 0) is 11.2 Å². The van der Waals surface area contributed by atoms with Crippen molar-refractivity contribution in [1.29, 1.82) is 0 Å². The minimum Gasteiger partial charge on any atom is -0.480 e. The lowest BCUT2D eigenvalue weighted by molar-refractivity contribution is -0.382. The van der Waals surface area contributed by atoms with E-state index >= 15 is 4.39 Å². The van der Waals surface area contributed by atoms with Crippen LogP contribution in [0.5, 0.6) is 0 Å². The first kappa shape index (κ1) is 21.9. The molecule has 1 heterocycles. The molecule has 0 aliphatic heterocycles. The number of nitro groups is 1. The molecule has 1 saturated carbocycles. The summed E-state index contributed by atoms with van der Waals surface area (Å²) in [5, 5.41) is 33.0. The number of rotatable bonds is 8. The third-order valence-corrected chi connectivity index (χ3v) is 5.49. The Kier molecular flexibility index (Phi) is 5.54. The summed E-state index contributed by atoms with van der Waals surface area (Å²) in [7, 11) is 0. The fourth-order valence-corrected chi connectivity index (χ4v) is 3.80. The number of nitro benzene ring substituents is 1. The Bertz CT molecular complexity index is 1350. The molecule has 4 rings (SSSR count). The lowest BCUT2D eigenvalue weighted by Crippen LogP contribution is -2.32. The van der Waals surface area contributed by atoms with Gasteiger partial charge in [-0.25, -0.2) is 14.0 Å². The van der Waals surface area contributed by atoms with E-state index in [0.717, 1.165) is 12.3 Å². The van der Waals surface area contributed by atoms with Crippen molar-refractivity contribution in [2.24, 2.45) is 0 Å². The maximum Gasteiger partial charge on any atom is 0.341 e. The van der Waals surface area contributed by atoms with Crippen LogP contribution in [-0.4, -0.2) is 37.7 Å². The van der Waals surface area contributed by atoms with Crippen LogP contribution in [0.1, 0.15) is 34.8 Å². The molecule has 0 bridgehead atoms. The summed E-state index contributed by atoms with van der Waals surface area (Å²) >= 11 is 0. The Morgan fingerprint density at radius 3 is 2.45 bits per heavy atom. The highest BCUT2D eigenvalue weighted by Crippen LogP contribution is 2.42. The number of anilines is 1. The summed E-state index contributed by atoms with van der Waals surface area (Å²) in [5.74, 6) is -4.11. The number of aliphatic carboxylic acids is 1. The van der Waals surface area contributed by atoms with Gasteiger partial charge in [0.1, 0.15) is 17.1 Å². The van der Waals surface area contributed by atoms with Crippen molar-refractivity contribution in [3.05, 3.63) is 79.9 Å². The van der Waals surface area contributed by atoms with Gasteiger partial charge in [0.15, 0.2) is 11.5 Å². The summed E-state index contributed by atoms with van der Waals surface area (Å²) in [6, 6.07) is 7.49. The monoisotopic (exact) mass is 455 g/mol. The van der Waals surface area contributed by atoms with Gasteiger partial charge < -0.3 is 20.1 Å². The largest absolute Gasteiger partial charge is 0.480 e. The first-order valence-corrected chi connectivity index (χ1v) is 10.0. The van der Waals surface area contributed by atoms with Gasteiger partial charge in [0.2, 0.25) is 5.43 Å². The predicted molar refractivity (Wildman–Crippen MR) is 115 cm³/mol. The van der Waals surface area contributed by atoms with Gasteiger partial charge in [0.25, 0.3) is 0 Å². The standard InChI is InChI=1S/C22H18FN3O7/c23-15-9-13-18(25(12-6-7-12)10-14(20(13)27)21(28)29)19(26(32)33)17(15)24-16(22(30)31)8-11-4-2-1-3-5-11/h1-5,9-10,12,16,24H,6-8H2,(H,28,29)(H,30,31). The van der Waals surface area contributed by atoms with Crippen molar-refractivity contribution in [1.82, 2.24) is 4.57 Å². The van der Waals surface area contributed by atoms with Crippen molar-refractivity contribution in [2.75, 3.05) is 5.32 Å². The topological polar surface area (TPSA) is 152 Å². The number of aromatic carboxylic acids is 1. The number of halogens is 1. The molecule has 1 atom stereocenters. The Hall–Kier alpha value is -4.28. The minimum atomic E-state index is -1.53. The van der Waals surface area contributed by atoms with E-state index in [4.69, 9.17) is 0 Å². The molecular weight excluding hydrogens is 437 g/mol. The van der Waals surface area contributed by atoms with Gasteiger partial charge in [0.05, 0.1) is 10.3 Å². The average molecular weight is 455 g/mol. The average Bonchev–Trinajstić information content (AvgIpc) is 3.59. The number of hydrogen-bond acceptors (Lipinski definition) is 6. The quantitative estimate of drug-likeness (QED) is 0.346. The van der Waals surface area contributed by atoms with E-state index in [1.807, 2.05) is 0 Å². The minimum absolute atomic E-state index is 0.0851. The molecular formula is C22H18FN3O7. The van der Waals surface area contributed by atoms with Gasteiger partial charge in [-0.15, -0.1) is 0 Å². The van der Waals surface area contributed by atoms with Gasteiger partial charge in [-0.2, -0.15) is 0 Å². The molecule has 1 aliphatic carbocycles. The first-order chi connectivity index (χ1) is 15.7. The van der Waals surface area contributed by atoms with Gasteiger partial charge in [0, 0.05) is 18.7 Å². The summed E-state index contributed by atoms with van der Waals surface area (Å²) in [6.07, 6.45) is 2.14. The number of hydrogen-bond donors (Lipinski definition) is 3. The molecule has 1 unspecified atom stereocenters. The van der Waals surface area contributed by atoms with Gasteiger partial charge in [-0.1, -0.05) is 30.3 Å². The molecule has 0 saturated heterocycles. The van der Waals surface area contributed by atoms with E-state index in [1.165, 1.54) is 4.57 Å². The normalized spacial score (nSPS) is 14.1. The third kappa shape index (κ3) is 4.12. The van der Waals surface area contributed by atoms with Crippen molar-refractivity contribution < 1.29 is 29.1 Å². The molecule has 3 N–H and O–H groups in total. The highest BCUT2D eigenvalue weighted by molar-refractivity contribution is 5.99.